The van der Waals surface area contributed by atoms with Crippen molar-refractivity contribution in [2.75, 3.05) is 0 Å². The Bertz CT molecular complexity index is 988. The van der Waals surface area contributed by atoms with E-state index in [0.717, 1.165) is 6.08 Å². The summed E-state index contributed by atoms with van der Waals surface area (Å²) in [4.78, 5) is 3.80. The lowest BCUT2D eigenvalue weighted by Gasteiger charge is -2.06. The van der Waals surface area contributed by atoms with Gasteiger partial charge >= 0.3 is 0 Å². The van der Waals surface area contributed by atoms with Crippen LogP contribution >= 0.6 is 0 Å². The summed E-state index contributed by atoms with van der Waals surface area (Å²) in [6, 6.07) is 11.5. The second-order valence-electron chi connectivity index (χ2n) is 5.27. The molecule has 3 rings (SSSR count). The lowest BCUT2D eigenvalue weighted by atomic mass is 10.1. The first-order valence-corrected chi connectivity index (χ1v) is 7.59. The highest BCUT2D eigenvalue weighted by atomic mass is 19.2. The quantitative estimate of drug-likeness (QED) is 0.350. The molecular formula is C21H11F4N. The molecule has 128 valence electrons. The van der Waals surface area contributed by atoms with Crippen LogP contribution in [0.4, 0.5) is 17.6 Å². The van der Waals surface area contributed by atoms with E-state index in [1.54, 1.807) is 42.5 Å². The van der Waals surface area contributed by atoms with Crippen LogP contribution in [0.2, 0.25) is 0 Å². The van der Waals surface area contributed by atoms with Crippen LogP contribution < -0.4 is 0 Å². The van der Waals surface area contributed by atoms with E-state index in [-0.39, 0.29) is 0 Å². The van der Waals surface area contributed by atoms with Crippen molar-refractivity contribution in [1.82, 2.24) is 4.98 Å². The smallest absolute Gasteiger partial charge is 0.178 e. The maximum absolute atomic E-state index is 14.2. The molecule has 0 unspecified atom stereocenters. The minimum absolute atomic E-state index is 0.466. The Hall–Kier alpha value is -3.39. The Morgan fingerprint density at radius 3 is 1.92 bits per heavy atom. The zero-order chi connectivity index (χ0) is 18.5. The van der Waals surface area contributed by atoms with Crippen molar-refractivity contribution in [2.24, 2.45) is 0 Å². The summed E-state index contributed by atoms with van der Waals surface area (Å²) in [5, 5.41) is 0. The number of pyridine rings is 1. The predicted molar refractivity (Wildman–Crippen MR) is 91.9 cm³/mol. The van der Waals surface area contributed by atoms with Gasteiger partial charge in [0.1, 0.15) is 5.56 Å². The van der Waals surface area contributed by atoms with Crippen molar-refractivity contribution in [3.05, 3.63) is 100 Å². The van der Waals surface area contributed by atoms with Gasteiger partial charge in [-0.3, -0.25) is 4.98 Å². The first kappa shape index (κ1) is 17.4. The number of halogens is 4. The van der Waals surface area contributed by atoms with Crippen molar-refractivity contribution in [1.29, 1.82) is 0 Å². The second-order valence-corrected chi connectivity index (χ2v) is 5.27. The largest absolute Gasteiger partial charge is 0.265 e. The van der Waals surface area contributed by atoms with Crippen molar-refractivity contribution >= 4 is 12.2 Å². The molecule has 1 aromatic heterocycles. The fourth-order valence-electron chi connectivity index (χ4n) is 2.22. The summed E-state index contributed by atoms with van der Waals surface area (Å²) < 4.78 is 56.8. The maximum Gasteiger partial charge on any atom is 0.178 e. The van der Waals surface area contributed by atoms with Crippen LogP contribution in [0, 0.1) is 35.1 Å². The molecule has 1 nitrogen and oxygen atoms in total. The highest BCUT2D eigenvalue weighted by Gasteiger charge is 2.23. The van der Waals surface area contributed by atoms with E-state index < -0.39 is 34.4 Å². The third-order valence-corrected chi connectivity index (χ3v) is 3.55. The van der Waals surface area contributed by atoms with E-state index in [1.807, 2.05) is 0 Å². The summed E-state index contributed by atoms with van der Waals surface area (Å²) in [5.74, 6) is -1.39. The molecule has 0 bridgehead atoms. The number of nitrogens with zero attached hydrogens (tertiary/aromatic N) is 1. The Balaban J connectivity index is 2.03. The van der Waals surface area contributed by atoms with Crippen molar-refractivity contribution in [3.63, 3.8) is 0 Å². The molecular weight excluding hydrogens is 342 g/mol. The van der Waals surface area contributed by atoms with Gasteiger partial charge in [0, 0.05) is 18.0 Å². The molecule has 0 aliphatic carbocycles. The summed E-state index contributed by atoms with van der Waals surface area (Å²) in [7, 11) is 0. The highest BCUT2D eigenvalue weighted by molar-refractivity contribution is 5.70. The molecule has 26 heavy (non-hydrogen) atoms. The first-order chi connectivity index (χ1) is 12.6. The number of hydrogen-bond acceptors (Lipinski definition) is 1. The minimum Gasteiger partial charge on any atom is -0.265 e. The van der Waals surface area contributed by atoms with Crippen molar-refractivity contribution in [3.8, 4) is 11.8 Å². The number of aromatic nitrogens is 1. The lowest BCUT2D eigenvalue weighted by molar-refractivity contribution is 0.448. The Morgan fingerprint density at radius 2 is 1.31 bits per heavy atom. The molecule has 1 heterocycles. The molecule has 0 N–H and O–H groups in total. The van der Waals surface area contributed by atoms with Gasteiger partial charge < -0.3 is 0 Å². The average molecular weight is 353 g/mol. The molecule has 0 fully saturated rings. The predicted octanol–water partition coefficient (Wildman–Crippen LogP) is 5.21. The molecule has 0 aliphatic heterocycles. The van der Waals surface area contributed by atoms with Crippen LogP contribution in [0.15, 0.2) is 54.9 Å². The normalized spacial score (nSPS) is 10.6. The topological polar surface area (TPSA) is 12.9 Å². The molecule has 5 heteroatoms. The van der Waals surface area contributed by atoms with Gasteiger partial charge in [0.25, 0.3) is 0 Å². The van der Waals surface area contributed by atoms with Gasteiger partial charge in [-0.15, -0.1) is 0 Å². The molecule has 0 atom stereocenters. The first-order valence-electron chi connectivity index (χ1n) is 7.59. The SMILES string of the molecule is Fc1c(F)c(/C=C/c2ccncc2)c(F)c(F)c1C#Cc1ccccc1. The van der Waals surface area contributed by atoms with E-state index in [2.05, 4.69) is 16.8 Å². The average Bonchev–Trinajstić information content (AvgIpc) is 2.68. The molecule has 0 amide bonds. The van der Waals surface area contributed by atoms with Crippen LogP contribution in [0.1, 0.15) is 22.3 Å². The lowest BCUT2D eigenvalue weighted by Crippen LogP contribution is -2.03. The van der Waals surface area contributed by atoms with Crippen LogP contribution in [0.3, 0.4) is 0 Å². The number of rotatable bonds is 2. The molecule has 0 radical (unpaired) electrons. The molecule has 3 aromatic rings. The Morgan fingerprint density at radius 1 is 0.692 bits per heavy atom. The summed E-state index contributed by atoms with van der Waals surface area (Å²) in [5.41, 5.74) is -0.701. The fourth-order valence-corrected chi connectivity index (χ4v) is 2.22. The van der Waals surface area contributed by atoms with Crippen LogP contribution in [0.25, 0.3) is 12.2 Å². The summed E-state index contributed by atoms with van der Waals surface area (Å²) in [6.45, 7) is 0. The van der Waals surface area contributed by atoms with Gasteiger partial charge in [0.2, 0.25) is 0 Å². The van der Waals surface area contributed by atoms with E-state index in [9.17, 15) is 17.6 Å². The van der Waals surface area contributed by atoms with Gasteiger partial charge in [-0.2, -0.15) is 0 Å². The van der Waals surface area contributed by atoms with Gasteiger partial charge in [-0.1, -0.05) is 36.1 Å². The number of hydrogen-bond donors (Lipinski definition) is 0. The molecule has 0 aliphatic rings. The van der Waals surface area contributed by atoms with E-state index in [1.165, 1.54) is 18.5 Å². The Kier molecular flexibility index (Phi) is 5.14. The minimum atomic E-state index is -1.53. The van der Waals surface area contributed by atoms with Gasteiger partial charge in [0.05, 0.1) is 5.56 Å². The zero-order valence-electron chi connectivity index (χ0n) is 13.3. The molecule has 2 aromatic carbocycles. The van der Waals surface area contributed by atoms with Gasteiger partial charge in [0.15, 0.2) is 23.3 Å². The monoisotopic (exact) mass is 353 g/mol. The van der Waals surface area contributed by atoms with Crippen LogP contribution in [-0.2, 0) is 0 Å². The molecule has 0 saturated carbocycles. The highest BCUT2D eigenvalue weighted by Crippen LogP contribution is 2.25. The molecule has 0 saturated heterocycles. The number of benzene rings is 2. The standard InChI is InChI=1S/C21H11F4N/c22-18-16(8-6-14-4-2-1-3-5-14)19(23)21(25)17(20(18)24)9-7-15-10-12-26-13-11-15/h1-5,7,9-13H/b9-7+. The molecule has 0 spiro atoms. The second kappa shape index (κ2) is 7.66. The summed E-state index contributed by atoms with van der Waals surface area (Å²) in [6.07, 6.45) is 5.27. The zero-order valence-corrected chi connectivity index (χ0v) is 13.3. The van der Waals surface area contributed by atoms with Crippen LogP contribution in [-0.4, -0.2) is 4.98 Å². The van der Waals surface area contributed by atoms with Crippen LogP contribution in [0.5, 0.6) is 0 Å². The van der Waals surface area contributed by atoms with Gasteiger partial charge in [-0.05, 0) is 35.9 Å². The van der Waals surface area contributed by atoms with E-state index in [4.69, 9.17) is 0 Å². The van der Waals surface area contributed by atoms with Crippen molar-refractivity contribution in [2.45, 2.75) is 0 Å². The third kappa shape index (κ3) is 3.65. The maximum atomic E-state index is 14.2. The van der Waals surface area contributed by atoms with Gasteiger partial charge in [-0.25, -0.2) is 17.6 Å². The Labute approximate surface area is 147 Å². The van der Waals surface area contributed by atoms with Crippen molar-refractivity contribution < 1.29 is 17.6 Å². The fraction of sp³-hybridized carbons (Fsp3) is 0. The third-order valence-electron chi connectivity index (χ3n) is 3.55. The summed E-state index contributed by atoms with van der Waals surface area (Å²) >= 11 is 0. The van der Waals surface area contributed by atoms with E-state index >= 15 is 0 Å². The van der Waals surface area contributed by atoms with E-state index in [0.29, 0.717) is 11.1 Å².